The molecule has 148 valence electrons. The molecule has 1 saturated heterocycles. The average molecular weight is 427 g/mol. The second-order valence-corrected chi connectivity index (χ2v) is 8.33. The van der Waals surface area contributed by atoms with Crippen LogP contribution in [0.5, 0.6) is 0 Å². The molecule has 2 amide bonds. The summed E-state index contributed by atoms with van der Waals surface area (Å²) in [5, 5.41) is 1.30. The topological polar surface area (TPSA) is 102 Å². The number of ether oxygens (including phenoxy) is 1. The molecule has 1 saturated carbocycles. The van der Waals surface area contributed by atoms with Crippen LogP contribution >= 0.6 is 11.6 Å². The van der Waals surface area contributed by atoms with E-state index in [2.05, 4.69) is 0 Å². The van der Waals surface area contributed by atoms with Gasteiger partial charge in [-0.15, -0.1) is 0 Å². The lowest BCUT2D eigenvalue weighted by atomic mass is 9.83. The largest absolute Gasteiger partial charge is 0.460 e. The molecule has 0 unspecified atom stereocenters. The third-order valence-corrected chi connectivity index (χ3v) is 6.53. The van der Waals surface area contributed by atoms with E-state index >= 15 is 0 Å². The van der Waals surface area contributed by atoms with E-state index in [0.717, 1.165) is 6.07 Å². The van der Waals surface area contributed by atoms with E-state index in [0.29, 0.717) is 6.42 Å². The molecular formula is C15H14ClF3N2O5S. The third-order valence-electron chi connectivity index (χ3n) is 4.70. The van der Waals surface area contributed by atoms with Gasteiger partial charge in [0.15, 0.2) is 0 Å². The molecule has 1 aromatic carbocycles. The summed E-state index contributed by atoms with van der Waals surface area (Å²) in [4.78, 5) is 23.7. The smallest absolute Gasteiger partial charge is 0.422 e. The van der Waals surface area contributed by atoms with Gasteiger partial charge in [-0.05, 0) is 31.4 Å². The molecule has 2 aliphatic rings. The van der Waals surface area contributed by atoms with Gasteiger partial charge in [-0.1, -0.05) is 23.7 Å². The molecule has 3 atom stereocenters. The first kappa shape index (κ1) is 19.7. The van der Waals surface area contributed by atoms with Crippen molar-refractivity contribution in [3.8, 4) is 0 Å². The zero-order valence-electron chi connectivity index (χ0n) is 13.5. The van der Waals surface area contributed by atoms with Gasteiger partial charge in [-0.2, -0.15) is 13.2 Å². The Morgan fingerprint density at radius 2 is 1.93 bits per heavy atom. The van der Waals surface area contributed by atoms with Gasteiger partial charge < -0.3 is 10.1 Å². The van der Waals surface area contributed by atoms with Crippen molar-refractivity contribution in [2.24, 2.45) is 5.92 Å². The van der Waals surface area contributed by atoms with Crippen molar-refractivity contribution >= 4 is 33.6 Å². The van der Waals surface area contributed by atoms with Crippen LogP contribution < -0.4 is 10.0 Å². The molecular weight excluding hydrogens is 413 g/mol. The van der Waals surface area contributed by atoms with E-state index in [1.54, 1.807) is 0 Å². The number of urea groups is 1. The van der Waals surface area contributed by atoms with Crippen LogP contribution in [0.2, 0.25) is 5.02 Å². The number of hydrogen-bond donors (Lipinski definition) is 2. The Bertz CT molecular complexity index is 892. The fourth-order valence-corrected chi connectivity index (χ4v) is 4.96. The minimum absolute atomic E-state index is 0.00740. The summed E-state index contributed by atoms with van der Waals surface area (Å²) < 4.78 is 72.1. The van der Waals surface area contributed by atoms with Crippen molar-refractivity contribution < 1.29 is 35.9 Å². The second-order valence-electron chi connectivity index (χ2n) is 6.28. The first-order valence-corrected chi connectivity index (χ1v) is 9.72. The molecule has 0 aromatic heterocycles. The quantitative estimate of drug-likeness (QED) is 0.722. The van der Waals surface area contributed by atoms with E-state index in [-0.39, 0.29) is 17.9 Å². The fraction of sp³-hybridized carbons (Fsp3) is 0.467. The summed E-state index contributed by atoms with van der Waals surface area (Å²) in [5.41, 5.74) is -3.30. The molecule has 0 spiro atoms. The predicted molar refractivity (Wildman–Crippen MR) is 86.3 cm³/mol. The highest BCUT2D eigenvalue weighted by molar-refractivity contribution is 7.90. The lowest BCUT2D eigenvalue weighted by Gasteiger charge is -2.33. The van der Waals surface area contributed by atoms with Gasteiger partial charge in [-0.3, -0.25) is 0 Å². The molecule has 1 heterocycles. The number of rotatable bonds is 3. The summed E-state index contributed by atoms with van der Waals surface area (Å²) in [6, 6.07) is 3.38. The summed E-state index contributed by atoms with van der Waals surface area (Å²) in [5.74, 6) is -2.96. The summed E-state index contributed by atoms with van der Waals surface area (Å²) in [6.07, 6.45) is -5.50. The number of fused-ring (bicyclic) bond motifs is 1. The van der Waals surface area contributed by atoms with Gasteiger partial charge in [0.1, 0.15) is 11.0 Å². The number of amides is 2. The molecule has 7 nitrogen and oxygen atoms in total. The van der Waals surface area contributed by atoms with Crippen LogP contribution in [0, 0.1) is 5.92 Å². The minimum atomic E-state index is -5.17. The summed E-state index contributed by atoms with van der Waals surface area (Å²) in [6.45, 7) is 0. The van der Waals surface area contributed by atoms with E-state index < -0.39 is 50.7 Å². The Morgan fingerprint density at radius 1 is 1.26 bits per heavy atom. The fourth-order valence-electron chi connectivity index (χ4n) is 3.53. The van der Waals surface area contributed by atoms with Crippen LogP contribution in [0.4, 0.5) is 18.0 Å². The van der Waals surface area contributed by atoms with Crippen molar-refractivity contribution in [2.75, 3.05) is 0 Å². The van der Waals surface area contributed by atoms with Gasteiger partial charge >= 0.3 is 18.2 Å². The third kappa shape index (κ3) is 3.22. The number of nitrogens with one attached hydrogen (secondary N) is 2. The highest BCUT2D eigenvalue weighted by atomic mass is 35.5. The number of hydrogen-bond acceptors (Lipinski definition) is 5. The Morgan fingerprint density at radius 3 is 2.56 bits per heavy atom. The number of carbonyl (C=O) groups is 2. The molecule has 0 radical (unpaired) electrons. The zero-order chi connectivity index (χ0) is 20.0. The van der Waals surface area contributed by atoms with Crippen molar-refractivity contribution in [3.05, 3.63) is 29.3 Å². The van der Waals surface area contributed by atoms with Crippen LogP contribution in [0.3, 0.4) is 0 Å². The Labute approximate surface area is 157 Å². The maximum absolute atomic E-state index is 13.8. The number of halogens is 4. The monoisotopic (exact) mass is 426 g/mol. The number of benzene rings is 1. The maximum Gasteiger partial charge on any atom is 0.422 e. The number of sulfonamides is 1. The highest BCUT2D eigenvalue weighted by Gasteiger charge is 2.73. The molecule has 2 N–H and O–H groups in total. The molecule has 1 aliphatic heterocycles. The number of esters is 1. The minimum Gasteiger partial charge on any atom is -0.460 e. The highest BCUT2D eigenvalue weighted by Crippen LogP contribution is 2.50. The Balaban J connectivity index is 1.89. The SMILES string of the molecule is O=C(N[C@]1(C(F)(F)F)C(=O)O[C@@H]2CCC[C@@H]21)NS(=O)(=O)c1ccccc1Cl. The molecule has 12 heteroatoms. The molecule has 0 bridgehead atoms. The van der Waals surface area contributed by atoms with Crippen LogP contribution in [-0.4, -0.2) is 38.2 Å². The summed E-state index contributed by atoms with van der Waals surface area (Å²) in [7, 11) is -4.56. The Hall–Kier alpha value is -2.01. The second kappa shape index (κ2) is 6.55. The van der Waals surface area contributed by atoms with Crippen molar-refractivity contribution in [3.63, 3.8) is 0 Å². The van der Waals surface area contributed by atoms with Gasteiger partial charge in [0.05, 0.1) is 5.02 Å². The lowest BCUT2D eigenvalue weighted by Crippen LogP contribution is -2.67. The van der Waals surface area contributed by atoms with Gasteiger partial charge in [-0.25, -0.2) is 22.7 Å². The lowest BCUT2D eigenvalue weighted by molar-refractivity contribution is -0.206. The molecule has 1 aromatic rings. The molecule has 1 aliphatic carbocycles. The van der Waals surface area contributed by atoms with E-state index in [9.17, 15) is 31.2 Å². The van der Waals surface area contributed by atoms with Crippen molar-refractivity contribution in [1.82, 2.24) is 10.0 Å². The van der Waals surface area contributed by atoms with Crippen LogP contribution in [-0.2, 0) is 19.6 Å². The first-order chi connectivity index (χ1) is 12.5. The van der Waals surface area contributed by atoms with Crippen molar-refractivity contribution in [2.45, 2.75) is 42.0 Å². The van der Waals surface area contributed by atoms with E-state index in [1.165, 1.54) is 28.2 Å². The van der Waals surface area contributed by atoms with Gasteiger partial charge in [0, 0.05) is 5.92 Å². The summed E-state index contributed by atoms with van der Waals surface area (Å²) >= 11 is 5.75. The average Bonchev–Trinajstić information content (AvgIpc) is 3.08. The molecule has 2 fully saturated rings. The predicted octanol–water partition coefficient (Wildman–Crippen LogP) is 2.35. The molecule has 27 heavy (non-hydrogen) atoms. The molecule has 3 rings (SSSR count). The van der Waals surface area contributed by atoms with Crippen molar-refractivity contribution in [1.29, 1.82) is 0 Å². The first-order valence-electron chi connectivity index (χ1n) is 7.86. The van der Waals surface area contributed by atoms with Crippen LogP contribution in [0.1, 0.15) is 19.3 Å². The van der Waals surface area contributed by atoms with Gasteiger partial charge in [0.25, 0.3) is 10.0 Å². The maximum atomic E-state index is 13.8. The normalized spacial score (nSPS) is 27.8. The Kier molecular flexibility index (Phi) is 4.79. The van der Waals surface area contributed by atoms with Crippen LogP contribution in [0.25, 0.3) is 0 Å². The number of carbonyl (C=O) groups excluding carboxylic acids is 2. The standard InChI is InChI=1S/C15H14ClF3N2O5S/c16-9-5-1-2-7-11(9)27(24,25)21-13(23)20-14(15(17,18)19)8-4-3-6-10(8)26-12(14)22/h1-2,5,7-8,10H,3-4,6H2,(H2,20,21,23)/t8-,10+,14-/m0/s1. The van der Waals surface area contributed by atoms with Crippen LogP contribution in [0.15, 0.2) is 29.2 Å². The van der Waals surface area contributed by atoms with E-state index in [1.807, 2.05) is 0 Å². The van der Waals surface area contributed by atoms with E-state index in [4.69, 9.17) is 16.3 Å². The zero-order valence-corrected chi connectivity index (χ0v) is 15.1. The number of alkyl halides is 3. The van der Waals surface area contributed by atoms with Gasteiger partial charge in [0.2, 0.25) is 5.54 Å².